The van der Waals surface area contributed by atoms with Gasteiger partial charge in [-0.1, -0.05) is 19.3 Å². The Hall–Kier alpha value is -1.56. The highest BCUT2D eigenvalue weighted by Gasteiger charge is 2.16. The molecular formula is C13H22N4O2. The number of hydrogen-bond donors (Lipinski definition) is 3. The van der Waals surface area contributed by atoms with Gasteiger partial charge in [-0.25, -0.2) is 0 Å². The second kappa shape index (κ2) is 6.56. The zero-order chi connectivity index (χ0) is 13.7. The molecule has 0 radical (unpaired) electrons. The molecule has 0 aliphatic heterocycles. The van der Waals surface area contributed by atoms with E-state index in [1.807, 2.05) is 0 Å². The highest BCUT2D eigenvalue weighted by Crippen LogP contribution is 2.19. The van der Waals surface area contributed by atoms with Crippen LogP contribution in [0.3, 0.4) is 0 Å². The molecule has 1 saturated carbocycles. The molecular weight excluding hydrogens is 244 g/mol. The SMILES string of the molecule is Cc1[nH]nc(C(=O)NCCOC2CCCCC2)c1N. The minimum atomic E-state index is -0.255. The quantitative estimate of drug-likeness (QED) is 0.702. The van der Waals surface area contributed by atoms with Crippen molar-refractivity contribution in [2.24, 2.45) is 0 Å². The zero-order valence-corrected chi connectivity index (χ0v) is 11.4. The van der Waals surface area contributed by atoms with E-state index in [0.29, 0.717) is 30.6 Å². The standard InChI is InChI=1S/C13H22N4O2/c1-9-11(14)12(17-16-9)13(18)15-7-8-19-10-5-3-2-4-6-10/h10H,2-8,14H2,1H3,(H,15,18)(H,16,17). The van der Waals surface area contributed by atoms with Crippen LogP contribution >= 0.6 is 0 Å². The number of carbonyl (C=O) groups is 1. The fourth-order valence-electron chi connectivity index (χ4n) is 2.32. The Morgan fingerprint density at radius 3 is 2.84 bits per heavy atom. The van der Waals surface area contributed by atoms with Gasteiger partial charge >= 0.3 is 0 Å². The second-order valence-corrected chi connectivity index (χ2v) is 5.00. The fourth-order valence-corrected chi connectivity index (χ4v) is 2.32. The third kappa shape index (κ3) is 3.70. The molecule has 6 heteroatoms. The number of carbonyl (C=O) groups excluding carboxylic acids is 1. The number of aryl methyl sites for hydroxylation is 1. The predicted molar refractivity (Wildman–Crippen MR) is 72.9 cm³/mol. The third-order valence-corrected chi connectivity index (χ3v) is 3.50. The van der Waals surface area contributed by atoms with Crippen LogP contribution in [0.1, 0.15) is 48.3 Å². The van der Waals surface area contributed by atoms with Gasteiger partial charge in [0.25, 0.3) is 5.91 Å². The molecule has 1 aromatic heterocycles. The van der Waals surface area contributed by atoms with E-state index in [1.165, 1.54) is 19.3 Å². The van der Waals surface area contributed by atoms with E-state index in [0.717, 1.165) is 12.8 Å². The molecule has 0 atom stereocenters. The number of rotatable bonds is 5. The molecule has 1 aliphatic rings. The molecule has 1 aromatic rings. The van der Waals surface area contributed by atoms with Crippen LogP contribution in [0, 0.1) is 6.92 Å². The van der Waals surface area contributed by atoms with Crippen LogP contribution in [0.4, 0.5) is 5.69 Å². The molecule has 1 fully saturated rings. The normalized spacial score (nSPS) is 16.5. The lowest BCUT2D eigenvalue weighted by molar-refractivity contribution is 0.0299. The van der Waals surface area contributed by atoms with Gasteiger partial charge in [0.1, 0.15) is 0 Å². The predicted octanol–water partition coefficient (Wildman–Crippen LogP) is 1.38. The van der Waals surface area contributed by atoms with E-state index in [4.69, 9.17) is 10.5 Å². The average Bonchev–Trinajstić information content (AvgIpc) is 2.76. The van der Waals surface area contributed by atoms with Gasteiger partial charge in [-0.15, -0.1) is 0 Å². The number of H-pyrrole nitrogens is 1. The topological polar surface area (TPSA) is 93.0 Å². The molecule has 0 unspecified atom stereocenters. The van der Waals surface area contributed by atoms with Crippen molar-refractivity contribution in [1.82, 2.24) is 15.5 Å². The first-order valence-corrected chi connectivity index (χ1v) is 6.88. The summed E-state index contributed by atoms with van der Waals surface area (Å²) in [5.74, 6) is -0.255. The van der Waals surface area contributed by atoms with Gasteiger partial charge in [0.15, 0.2) is 5.69 Å². The number of nitrogens with two attached hydrogens (primary N) is 1. The van der Waals surface area contributed by atoms with Gasteiger partial charge in [0.05, 0.1) is 24.1 Å². The van der Waals surface area contributed by atoms with Gasteiger partial charge in [-0.2, -0.15) is 5.10 Å². The highest BCUT2D eigenvalue weighted by molar-refractivity contribution is 5.97. The lowest BCUT2D eigenvalue weighted by Crippen LogP contribution is -2.30. The summed E-state index contributed by atoms with van der Waals surface area (Å²) in [5.41, 5.74) is 7.12. The Morgan fingerprint density at radius 1 is 1.47 bits per heavy atom. The van der Waals surface area contributed by atoms with Crippen LogP contribution in [0.25, 0.3) is 0 Å². The third-order valence-electron chi connectivity index (χ3n) is 3.50. The fraction of sp³-hybridized carbons (Fsp3) is 0.692. The van der Waals surface area contributed by atoms with E-state index in [1.54, 1.807) is 6.92 Å². The first-order valence-electron chi connectivity index (χ1n) is 6.88. The first-order chi connectivity index (χ1) is 9.18. The number of nitrogen functional groups attached to an aromatic ring is 1. The number of nitrogens with zero attached hydrogens (tertiary/aromatic N) is 1. The lowest BCUT2D eigenvalue weighted by atomic mass is 9.98. The molecule has 1 aliphatic carbocycles. The summed E-state index contributed by atoms with van der Waals surface area (Å²) >= 11 is 0. The number of hydrogen-bond acceptors (Lipinski definition) is 4. The van der Waals surface area contributed by atoms with Crippen molar-refractivity contribution in [3.8, 4) is 0 Å². The van der Waals surface area contributed by atoms with Crippen molar-refractivity contribution in [2.45, 2.75) is 45.1 Å². The monoisotopic (exact) mass is 266 g/mol. The van der Waals surface area contributed by atoms with E-state index < -0.39 is 0 Å². The maximum absolute atomic E-state index is 11.8. The molecule has 0 aromatic carbocycles. The smallest absolute Gasteiger partial charge is 0.274 e. The Morgan fingerprint density at radius 2 is 2.21 bits per heavy atom. The van der Waals surface area contributed by atoms with Gasteiger partial charge in [0, 0.05) is 6.54 Å². The molecule has 19 heavy (non-hydrogen) atoms. The van der Waals surface area contributed by atoms with Crippen molar-refractivity contribution >= 4 is 11.6 Å². The molecule has 1 heterocycles. The zero-order valence-electron chi connectivity index (χ0n) is 11.4. The maximum Gasteiger partial charge on any atom is 0.274 e. The van der Waals surface area contributed by atoms with Crippen LogP contribution in [0.5, 0.6) is 0 Å². The molecule has 0 bridgehead atoms. The summed E-state index contributed by atoms with van der Waals surface area (Å²) in [5, 5.41) is 9.34. The van der Waals surface area contributed by atoms with E-state index >= 15 is 0 Å². The average molecular weight is 266 g/mol. The number of anilines is 1. The molecule has 6 nitrogen and oxygen atoms in total. The van der Waals surface area contributed by atoms with Crippen molar-refractivity contribution in [3.05, 3.63) is 11.4 Å². The summed E-state index contributed by atoms with van der Waals surface area (Å²) in [6, 6.07) is 0. The molecule has 1 amide bonds. The Labute approximate surface area is 113 Å². The summed E-state index contributed by atoms with van der Waals surface area (Å²) in [7, 11) is 0. The Bertz CT molecular complexity index is 424. The Balaban J connectivity index is 1.68. The van der Waals surface area contributed by atoms with Gasteiger partial charge in [-0.3, -0.25) is 9.89 Å². The highest BCUT2D eigenvalue weighted by atomic mass is 16.5. The summed E-state index contributed by atoms with van der Waals surface area (Å²) < 4.78 is 5.73. The molecule has 4 N–H and O–H groups in total. The first kappa shape index (κ1) is 13.9. The van der Waals surface area contributed by atoms with Crippen LogP contribution in [-0.4, -0.2) is 35.4 Å². The van der Waals surface area contributed by atoms with Crippen molar-refractivity contribution in [1.29, 1.82) is 0 Å². The number of aromatic nitrogens is 2. The minimum Gasteiger partial charge on any atom is -0.395 e. The van der Waals surface area contributed by atoms with Crippen LogP contribution in [-0.2, 0) is 4.74 Å². The van der Waals surface area contributed by atoms with Gasteiger partial charge in [0.2, 0.25) is 0 Å². The van der Waals surface area contributed by atoms with E-state index in [2.05, 4.69) is 15.5 Å². The maximum atomic E-state index is 11.8. The van der Waals surface area contributed by atoms with Crippen LogP contribution in [0.2, 0.25) is 0 Å². The minimum absolute atomic E-state index is 0.255. The van der Waals surface area contributed by atoms with E-state index in [-0.39, 0.29) is 11.6 Å². The van der Waals surface area contributed by atoms with Crippen LogP contribution < -0.4 is 11.1 Å². The van der Waals surface area contributed by atoms with Crippen molar-refractivity contribution in [3.63, 3.8) is 0 Å². The summed E-state index contributed by atoms with van der Waals surface area (Å²) in [4.78, 5) is 11.8. The number of aromatic amines is 1. The Kier molecular flexibility index (Phi) is 4.79. The van der Waals surface area contributed by atoms with Gasteiger partial charge < -0.3 is 15.8 Å². The lowest BCUT2D eigenvalue weighted by Gasteiger charge is -2.21. The van der Waals surface area contributed by atoms with E-state index in [9.17, 15) is 4.79 Å². The summed E-state index contributed by atoms with van der Waals surface area (Å²) in [6.07, 6.45) is 6.45. The summed E-state index contributed by atoms with van der Waals surface area (Å²) in [6.45, 7) is 2.81. The molecule has 0 saturated heterocycles. The number of nitrogens with one attached hydrogen (secondary N) is 2. The second-order valence-electron chi connectivity index (χ2n) is 5.00. The molecule has 0 spiro atoms. The van der Waals surface area contributed by atoms with Crippen molar-refractivity contribution < 1.29 is 9.53 Å². The number of ether oxygens (including phenoxy) is 1. The largest absolute Gasteiger partial charge is 0.395 e. The molecule has 106 valence electrons. The van der Waals surface area contributed by atoms with Crippen molar-refractivity contribution in [2.75, 3.05) is 18.9 Å². The van der Waals surface area contributed by atoms with Gasteiger partial charge in [-0.05, 0) is 19.8 Å². The van der Waals surface area contributed by atoms with Crippen LogP contribution in [0.15, 0.2) is 0 Å². The number of amides is 1. The molecule has 2 rings (SSSR count).